The van der Waals surface area contributed by atoms with E-state index in [9.17, 15) is 19.5 Å². The van der Waals surface area contributed by atoms with Crippen LogP contribution in [0.4, 0.5) is 4.79 Å². The van der Waals surface area contributed by atoms with Crippen molar-refractivity contribution in [3.05, 3.63) is 64.7 Å². The average Bonchev–Trinajstić information content (AvgIpc) is 3.32. The number of phenolic OH excluding ortho intramolecular Hbond substituents is 1. The first-order chi connectivity index (χ1) is 17.9. The molecule has 1 fully saturated rings. The number of aryl methyl sites for hydroxylation is 3. The Balaban J connectivity index is 1.71. The summed E-state index contributed by atoms with van der Waals surface area (Å²) < 4.78 is 5.43. The molecule has 2 aromatic rings. The van der Waals surface area contributed by atoms with Crippen LogP contribution in [0.1, 0.15) is 62.3 Å². The van der Waals surface area contributed by atoms with E-state index in [-0.39, 0.29) is 24.0 Å². The number of benzene rings is 2. The predicted molar refractivity (Wildman–Crippen MR) is 147 cm³/mol. The van der Waals surface area contributed by atoms with Gasteiger partial charge >= 0.3 is 6.09 Å². The Morgan fingerprint density at radius 1 is 1.11 bits per heavy atom. The molecular formula is C30H41N3O5. The molecule has 3 N–H and O–H groups in total. The molecule has 1 aliphatic rings. The first-order valence-corrected chi connectivity index (χ1v) is 13.4. The topological polar surface area (TPSA) is 108 Å². The van der Waals surface area contributed by atoms with Crippen molar-refractivity contribution in [2.75, 3.05) is 13.1 Å². The minimum atomic E-state index is -0.918. The third kappa shape index (κ3) is 8.23. The number of nitrogens with one attached hydrogen (secondary N) is 2. The van der Waals surface area contributed by atoms with Crippen LogP contribution in [0.15, 0.2) is 42.5 Å². The molecule has 206 valence electrons. The summed E-state index contributed by atoms with van der Waals surface area (Å²) in [6.45, 7) is 9.97. The van der Waals surface area contributed by atoms with Gasteiger partial charge in [-0.15, -0.1) is 0 Å². The van der Waals surface area contributed by atoms with E-state index in [1.807, 2.05) is 32.0 Å². The molecule has 3 rings (SSSR count). The number of hydrogen-bond donors (Lipinski definition) is 3. The zero-order valence-electron chi connectivity index (χ0n) is 23.2. The van der Waals surface area contributed by atoms with Crippen molar-refractivity contribution in [2.24, 2.45) is 0 Å². The van der Waals surface area contributed by atoms with Gasteiger partial charge in [0.25, 0.3) is 0 Å². The molecular weight excluding hydrogens is 482 g/mol. The fourth-order valence-electron chi connectivity index (χ4n) is 4.92. The second-order valence-electron chi connectivity index (χ2n) is 11.0. The predicted octanol–water partition coefficient (Wildman–Crippen LogP) is 4.18. The van der Waals surface area contributed by atoms with Crippen LogP contribution in [0.3, 0.4) is 0 Å². The summed E-state index contributed by atoms with van der Waals surface area (Å²) >= 11 is 0. The van der Waals surface area contributed by atoms with Crippen molar-refractivity contribution < 1.29 is 24.2 Å². The highest BCUT2D eigenvalue weighted by molar-refractivity contribution is 5.92. The summed E-state index contributed by atoms with van der Waals surface area (Å²) in [7, 11) is 0. The molecule has 0 aliphatic carbocycles. The lowest BCUT2D eigenvalue weighted by molar-refractivity contribution is -0.140. The van der Waals surface area contributed by atoms with E-state index in [0.717, 1.165) is 29.5 Å². The largest absolute Gasteiger partial charge is 0.508 e. The van der Waals surface area contributed by atoms with Crippen LogP contribution in [0, 0.1) is 13.8 Å². The van der Waals surface area contributed by atoms with Gasteiger partial charge in [0.2, 0.25) is 11.8 Å². The molecule has 1 heterocycles. The summed E-state index contributed by atoms with van der Waals surface area (Å²) in [4.78, 5) is 41.1. The molecule has 0 spiro atoms. The van der Waals surface area contributed by atoms with E-state index in [2.05, 4.69) is 22.8 Å². The first kappa shape index (κ1) is 29.0. The average molecular weight is 524 g/mol. The van der Waals surface area contributed by atoms with E-state index in [0.29, 0.717) is 25.9 Å². The molecule has 1 aliphatic heterocycles. The zero-order chi connectivity index (χ0) is 27.9. The van der Waals surface area contributed by atoms with E-state index < -0.39 is 23.8 Å². The fourth-order valence-corrected chi connectivity index (χ4v) is 4.92. The van der Waals surface area contributed by atoms with Gasteiger partial charge in [-0.2, -0.15) is 0 Å². The van der Waals surface area contributed by atoms with Gasteiger partial charge in [0.05, 0.1) is 0 Å². The molecule has 8 nitrogen and oxygen atoms in total. The van der Waals surface area contributed by atoms with Crippen molar-refractivity contribution in [2.45, 2.75) is 84.4 Å². The summed E-state index contributed by atoms with van der Waals surface area (Å²) in [6, 6.07) is 11.9. The van der Waals surface area contributed by atoms with Gasteiger partial charge in [-0.05, 0) is 94.7 Å². The quantitative estimate of drug-likeness (QED) is 0.427. The number of carbonyl (C=O) groups is 3. The Bertz CT molecular complexity index is 1100. The lowest BCUT2D eigenvalue weighted by Gasteiger charge is -2.30. The summed E-state index contributed by atoms with van der Waals surface area (Å²) in [6.07, 6.45) is 2.49. The van der Waals surface area contributed by atoms with Crippen molar-refractivity contribution in [3.63, 3.8) is 0 Å². The molecule has 2 aromatic carbocycles. The lowest BCUT2D eigenvalue weighted by Crippen LogP contribution is -2.54. The monoisotopic (exact) mass is 523 g/mol. The molecule has 2 atom stereocenters. The summed E-state index contributed by atoms with van der Waals surface area (Å²) in [5, 5.41) is 15.7. The van der Waals surface area contributed by atoms with Crippen LogP contribution >= 0.6 is 0 Å². The van der Waals surface area contributed by atoms with Crippen molar-refractivity contribution in [1.82, 2.24) is 15.5 Å². The summed E-state index contributed by atoms with van der Waals surface area (Å²) in [5.74, 6) is -0.336. The minimum Gasteiger partial charge on any atom is -0.508 e. The highest BCUT2D eigenvalue weighted by atomic mass is 16.6. The molecule has 8 heteroatoms. The van der Waals surface area contributed by atoms with E-state index in [1.54, 1.807) is 37.8 Å². The molecule has 0 bridgehead atoms. The van der Waals surface area contributed by atoms with Gasteiger partial charge in [-0.1, -0.05) is 30.3 Å². The Hall–Kier alpha value is -3.55. The SMILES string of the molecule is Cc1cc(O)cc(C)c1C[C@H](NC(=O)OC(C)(C)C)C(=O)N1CCC[C@H]1C(=O)NCCCc1ccccc1. The number of likely N-dealkylation sites (tertiary alicyclic amines) is 1. The fraction of sp³-hybridized carbons (Fsp3) is 0.500. The maximum atomic E-state index is 13.8. The van der Waals surface area contributed by atoms with E-state index in [4.69, 9.17) is 4.74 Å². The Kier molecular flexibility index (Phi) is 9.78. The Labute approximate surface area is 225 Å². The molecule has 1 saturated heterocycles. The molecule has 38 heavy (non-hydrogen) atoms. The highest BCUT2D eigenvalue weighted by Gasteiger charge is 2.38. The normalized spacial score (nSPS) is 16.1. The van der Waals surface area contributed by atoms with Gasteiger partial charge in [0.15, 0.2) is 0 Å². The molecule has 0 aromatic heterocycles. The van der Waals surface area contributed by atoms with Crippen molar-refractivity contribution in [3.8, 4) is 5.75 Å². The second kappa shape index (κ2) is 12.8. The van der Waals surface area contributed by atoms with Crippen molar-refractivity contribution >= 4 is 17.9 Å². The standard InChI is InChI=1S/C30H41N3O5/c1-20-17-23(34)18-21(2)24(20)19-25(32-29(37)38-30(3,4)5)28(36)33-16-10-14-26(33)27(35)31-15-9-13-22-11-7-6-8-12-22/h6-8,11-12,17-18,25-26,34H,9-10,13-16,19H2,1-5H3,(H,31,35)(H,32,37)/t25-,26-/m0/s1. The number of amides is 3. The number of carbonyl (C=O) groups excluding carboxylic acids is 3. The number of nitrogens with zero attached hydrogens (tertiary/aromatic N) is 1. The molecule has 0 unspecified atom stereocenters. The van der Waals surface area contributed by atoms with Crippen molar-refractivity contribution in [1.29, 1.82) is 0 Å². The number of hydrogen-bond acceptors (Lipinski definition) is 5. The number of ether oxygens (including phenoxy) is 1. The van der Waals surface area contributed by atoms with Gasteiger partial charge in [-0.3, -0.25) is 9.59 Å². The molecule has 0 radical (unpaired) electrons. The minimum absolute atomic E-state index is 0.148. The van der Waals surface area contributed by atoms with Gasteiger partial charge < -0.3 is 25.4 Å². The van der Waals surface area contributed by atoms with E-state index in [1.165, 1.54) is 5.56 Å². The highest BCUT2D eigenvalue weighted by Crippen LogP contribution is 2.25. The first-order valence-electron chi connectivity index (χ1n) is 13.4. The second-order valence-corrected chi connectivity index (χ2v) is 11.0. The van der Waals surface area contributed by atoms with Crippen LogP contribution < -0.4 is 10.6 Å². The summed E-state index contributed by atoms with van der Waals surface area (Å²) in [5.41, 5.74) is 2.99. The van der Waals surface area contributed by atoms with Crippen LogP contribution in [0.25, 0.3) is 0 Å². The molecule has 0 saturated carbocycles. The van der Waals surface area contributed by atoms with Crippen LogP contribution in [0.2, 0.25) is 0 Å². The zero-order valence-corrected chi connectivity index (χ0v) is 23.2. The number of phenols is 1. The smallest absolute Gasteiger partial charge is 0.408 e. The van der Waals surface area contributed by atoms with Crippen LogP contribution in [-0.2, 0) is 27.2 Å². The number of alkyl carbamates (subject to hydrolysis) is 1. The van der Waals surface area contributed by atoms with Crippen LogP contribution in [0.5, 0.6) is 5.75 Å². The third-order valence-corrected chi connectivity index (χ3v) is 6.70. The molecule has 3 amide bonds. The Morgan fingerprint density at radius 2 is 1.76 bits per heavy atom. The third-order valence-electron chi connectivity index (χ3n) is 6.70. The maximum absolute atomic E-state index is 13.8. The lowest BCUT2D eigenvalue weighted by atomic mass is 9.95. The Morgan fingerprint density at radius 3 is 2.39 bits per heavy atom. The van der Waals surface area contributed by atoms with Gasteiger partial charge in [-0.25, -0.2) is 4.79 Å². The number of rotatable bonds is 9. The number of aromatic hydroxyl groups is 1. The maximum Gasteiger partial charge on any atom is 0.408 e. The van der Waals surface area contributed by atoms with E-state index >= 15 is 0 Å². The van der Waals surface area contributed by atoms with Gasteiger partial charge in [0.1, 0.15) is 23.4 Å². The van der Waals surface area contributed by atoms with Gasteiger partial charge in [0, 0.05) is 19.5 Å². The van der Waals surface area contributed by atoms with Crippen LogP contribution in [-0.4, -0.2) is 58.7 Å².